The maximum atomic E-state index is 10.4. The van der Waals surface area contributed by atoms with Gasteiger partial charge in [-0.05, 0) is 18.4 Å². The number of nitrogens with two attached hydrogens (primary N) is 2. The van der Waals surface area contributed by atoms with E-state index in [0.29, 0.717) is 26.2 Å². The van der Waals surface area contributed by atoms with Gasteiger partial charge in [-0.3, -0.25) is 14.5 Å². The minimum absolute atomic E-state index is 0.217. The molecule has 0 radical (unpaired) electrons. The van der Waals surface area contributed by atoms with Gasteiger partial charge >= 0.3 is 0 Å². The van der Waals surface area contributed by atoms with Crippen LogP contribution in [-0.2, 0) is 20.7 Å². The number of ether oxygens (including phenoxy) is 1. The second kappa shape index (κ2) is 14.2. The van der Waals surface area contributed by atoms with Crippen LogP contribution in [-0.4, -0.2) is 49.6 Å². The molecular formula is C18H27N3O3. The third kappa shape index (κ3) is 12.2. The smallest absolute Gasteiger partial charge is 0.231 e. The van der Waals surface area contributed by atoms with Gasteiger partial charge in [0.05, 0.1) is 19.8 Å². The highest BCUT2D eigenvalue weighted by molar-refractivity contribution is 5.75. The Morgan fingerprint density at radius 3 is 2.12 bits per heavy atom. The molecule has 1 fully saturated rings. The molecule has 1 aliphatic rings. The van der Waals surface area contributed by atoms with Gasteiger partial charge < -0.3 is 16.2 Å². The summed E-state index contributed by atoms with van der Waals surface area (Å²) in [4.78, 5) is 22.8. The number of amides is 2. The molecule has 0 aliphatic carbocycles. The first-order chi connectivity index (χ1) is 11.6. The van der Waals surface area contributed by atoms with Gasteiger partial charge in [0.1, 0.15) is 0 Å². The van der Waals surface area contributed by atoms with Crippen molar-refractivity contribution >= 4 is 11.8 Å². The Hall–Kier alpha value is -2.36. The van der Waals surface area contributed by atoms with E-state index in [0.717, 1.165) is 25.9 Å². The molecular weight excluding hydrogens is 306 g/mol. The van der Waals surface area contributed by atoms with Gasteiger partial charge in [0.25, 0.3) is 0 Å². The Labute approximate surface area is 144 Å². The van der Waals surface area contributed by atoms with E-state index in [1.54, 1.807) is 0 Å². The summed E-state index contributed by atoms with van der Waals surface area (Å²) in [6.07, 6.45) is 10.3. The number of aryl methyl sites for hydroxylation is 1. The zero-order chi connectivity index (χ0) is 18.2. The summed E-state index contributed by atoms with van der Waals surface area (Å²) in [5.41, 5.74) is 11.3. The van der Waals surface area contributed by atoms with E-state index in [1.165, 1.54) is 5.56 Å². The van der Waals surface area contributed by atoms with Crippen LogP contribution in [0.25, 0.3) is 0 Å². The average Bonchev–Trinajstić information content (AvgIpc) is 2.58. The highest BCUT2D eigenvalue weighted by atomic mass is 16.5. The van der Waals surface area contributed by atoms with Gasteiger partial charge in [-0.25, -0.2) is 0 Å². The molecule has 6 nitrogen and oxygen atoms in total. The number of primary amides is 2. The molecule has 0 saturated carbocycles. The molecule has 0 atom stereocenters. The number of hydrogen-bond acceptors (Lipinski definition) is 4. The second-order valence-electron chi connectivity index (χ2n) is 5.16. The molecule has 24 heavy (non-hydrogen) atoms. The monoisotopic (exact) mass is 333 g/mol. The lowest BCUT2D eigenvalue weighted by atomic mass is 10.1. The lowest BCUT2D eigenvalue weighted by Gasteiger charge is -2.24. The molecule has 0 aromatic heterocycles. The first-order valence-corrected chi connectivity index (χ1v) is 7.82. The Balaban J connectivity index is 0.000000405. The van der Waals surface area contributed by atoms with Crippen molar-refractivity contribution in [3.8, 4) is 12.8 Å². The van der Waals surface area contributed by atoms with Crippen molar-refractivity contribution in [1.82, 2.24) is 4.90 Å². The summed E-state index contributed by atoms with van der Waals surface area (Å²) in [7, 11) is 0. The maximum absolute atomic E-state index is 10.4. The molecule has 6 heteroatoms. The van der Waals surface area contributed by atoms with E-state index in [9.17, 15) is 9.59 Å². The number of hydrogen-bond donors (Lipinski definition) is 2. The van der Waals surface area contributed by atoms with Crippen LogP contribution in [0.1, 0.15) is 18.4 Å². The Morgan fingerprint density at radius 2 is 1.62 bits per heavy atom. The van der Waals surface area contributed by atoms with Crippen molar-refractivity contribution in [2.24, 2.45) is 11.5 Å². The fourth-order valence-electron chi connectivity index (χ4n) is 2.09. The van der Waals surface area contributed by atoms with E-state index < -0.39 is 0 Å². The largest absolute Gasteiger partial charge is 0.379 e. The van der Waals surface area contributed by atoms with Crippen molar-refractivity contribution in [2.75, 3.05) is 32.8 Å². The second-order valence-corrected chi connectivity index (χ2v) is 5.16. The van der Waals surface area contributed by atoms with Crippen LogP contribution in [0.2, 0.25) is 0 Å². The quantitative estimate of drug-likeness (QED) is 0.743. The normalized spacial score (nSPS) is 13.6. The third-order valence-corrected chi connectivity index (χ3v) is 3.21. The summed E-state index contributed by atoms with van der Waals surface area (Å²) in [6, 6.07) is 10.1. The summed E-state index contributed by atoms with van der Waals surface area (Å²) in [6.45, 7) is 3.44. The minimum atomic E-state index is -0.262. The molecule has 132 valence electrons. The number of carbonyl (C=O) groups is 2. The van der Waals surface area contributed by atoms with Crippen LogP contribution < -0.4 is 11.5 Å². The topological polar surface area (TPSA) is 98.7 Å². The molecule has 0 bridgehead atoms. The van der Waals surface area contributed by atoms with E-state index in [4.69, 9.17) is 16.2 Å². The zero-order valence-electron chi connectivity index (χ0n) is 14.0. The number of benzene rings is 1. The molecule has 1 aromatic carbocycles. The number of rotatable bonds is 6. The van der Waals surface area contributed by atoms with Crippen LogP contribution in [0.4, 0.5) is 0 Å². The molecule has 4 N–H and O–H groups in total. The van der Waals surface area contributed by atoms with Crippen LogP contribution in [0.15, 0.2) is 30.3 Å². The zero-order valence-corrected chi connectivity index (χ0v) is 14.0. The van der Waals surface area contributed by atoms with E-state index in [2.05, 4.69) is 25.0 Å². The molecule has 1 aliphatic heterocycles. The summed E-state index contributed by atoms with van der Waals surface area (Å²) < 4.78 is 5.09. The highest BCUT2D eigenvalue weighted by Crippen LogP contribution is 2.03. The lowest BCUT2D eigenvalue weighted by molar-refractivity contribution is -0.120. The van der Waals surface area contributed by atoms with Gasteiger partial charge in [0.2, 0.25) is 11.8 Å². The molecule has 2 amide bonds. The SMILES string of the molecule is C#C.NC(=O)CCCc1ccccc1.NC(=O)CN1CCOCC1. The number of nitrogens with zero attached hydrogens (tertiary/aromatic N) is 1. The Kier molecular flexibility index (Phi) is 12.8. The standard InChI is InChI=1S/C10H13NO.C6H12N2O2.C2H2/c11-10(12)8-4-7-9-5-2-1-3-6-9;7-6(9)5-8-1-3-10-4-2-8;1-2/h1-3,5-6H,4,7-8H2,(H2,11,12);1-5H2,(H2,7,9);1-2H. The van der Waals surface area contributed by atoms with Gasteiger partial charge in [-0.1, -0.05) is 30.3 Å². The predicted octanol–water partition coefficient (Wildman–Crippen LogP) is 0.548. The Bertz CT molecular complexity index is 483. The van der Waals surface area contributed by atoms with Crippen molar-refractivity contribution in [3.63, 3.8) is 0 Å². The van der Waals surface area contributed by atoms with E-state index >= 15 is 0 Å². The van der Waals surface area contributed by atoms with Crippen molar-refractivity contribution in [1.29, 1.82) is 0 Å². The van der Waals surface area contributed by atoms with Crippen LogP contribution in [0, 0.1) is 12.8 Å². The first-order valence-electron chi connectivity index (χ1n) is 7.82. The van der Waals surface area contributed by atoms with Crippen LogP contribution in [0.5, 0.6) is 0 Å². The summed E-state index contributed by atoms with van der Waals surface area (Å²) in [5, 5.41) is 0. The highest BCUT2D eigenvalue weighted by Gasteiger charge is 2.11. The first kappa shape index (κ1) is 21.6. The molecule has 1 saturated heterocycles. The fourth-order valence-corrected chi connectivity index (χ4v) is 2.09. The van der Waals surface area contributed by atoms with Crippen molar-refractivity contribution in [3.05, 3.63) is 35.9 Å². The van der Waals surface area contributed by atoms with Crippen LogP contribution in [0.3, 0.4) is 0 Å². The van der Waals surface area contributed by atoms with E-state index in [1.807, 2.05) is 23.1 Å². The Morgan fingerprint density at radius 1 is 1.04 bits per heavy atom. The van der Waals surface area contributed by atoms with Crippen LogP contribution >= 0.6 is 0 Å². The fraction of sp³-hybridized carbons (Fsp3) is 0.444. The third-order valence-electron chi connectivity index (χ3n) is 3.21. The van der Waals surface area contributed by atoms with Gasteiger partial charge in [0, 0.05) is 19.5 Å². The van der Waals surface area contributed by atoms with Gasteiger partial charge in [-0.15, -0.1) is 12.8 Å². The van der Waals surface area contributed by atoms with Crippen molar-refractivity contribution < 1.29 is 14.3 Å². The number of morpholine rings is 1. The number of carbonyl (C=O) groups excluding carboxylic acids is 2. The number of terminal acetylenes is 1. The lowest BCUT2D eigenvalue weighted by Crippen LogP contribution is -2.41. The molecule has 0 spiro atoms. The van der Waals surface area contributed by atoms with E-state index in [-0.39, 0.29) is 11.8 Å². The minimum Gasteiger partial charge on any atom is -0.379 e. The summed E-state index contributed by atoms with van der Waals surface area (Å²) in [5.74, 6) is -0.479. The average molecular weight is 333 g/mol. The van der Waals surface area contributed by atoms with Gasteiger partial charge in [0.15, 0.2) is 0 Å². The van der Waals surface area contributed by atoms with Crippen molar-refractivity contribution in [2.45, 2.75) is 19.3 Å². The molecule has 0 unspecified atom stereocenters. The summed E-state index contributed by atoms with van der Waals surface area (Å²) >= 11 is 0. The predicted molar refractivity (Wildman–Crippen MR) is 94.9 cm³/mol. The molecule has 1 aromatic rings. The molecule has 2 rings (SSSR count). The molecule has 1 heterocycles. The van der Waals surface area contributed by atoms with Gasteiger partial charge in [-0.2, -0.15) is 0 Å². The maximum Gasteiger partial charge on any atom is 0.231 e.